The Bertz CT molecular complexity index is 204. The monoisotopic (exact) mass is 229 g/mol. The van der Waals surface area contributed by atoms with Crippen LogP contribution in [0, 0.1) is 0 Å². The number of amides is 1. The molecule has 0 heterocycles. The van der Waals surface area contributed by atoms with Crippen LogP contribution in [0.2, 0.25) is 0 Å². The van der Waals surface area contributed by atoms with Crippen molar-refractivity contribution in [3.05, 3.63) is 12.7 Å². The number of hydrogen-bond donors (Lipinski definition) is 1. The van der Waals surface area contributed by atoms with Gasteiger partial charge >= 0.3 is 0 Å². The molecule has 0 spiro atoms. The fourth-order valence-corrected chi connectivity index (χ4v) is 1.16. The zero-order valence-corrected chi connectivity index (χ0v) is 10.7. The summed E-state index contributed by atoms with van der Waals surface area (Å²) in [5.41, 5.74) is 0. The molecule has 16 heavy (non-hydrogen) atoms. The van der Waals surface area contributed by atoms with Crippen molar-refractivity contribution in [2.45, 2.75) is 52.6 Å². The molecule has 0 aromatic heterocycles. The molecular formula is C12H23NO3. The lowest BCUT2D eigenvalue weighted by molar-refractivity contribution is -0.182. The SMILES string of the molecule is C=CC(=O)NCCC(OC(C)C)OC(C)C. The zero-order chi connectivity index (χ0) is 12.6. The minimum atomic E-state index is -0.273. The number of carbonyl (C=O) groups is 1. The molecule has 4 heteroatoms. The third-order valence-corrected chi connectivity index (χ3v) is 1.71. The maximum absolute atomic E-state index is 10.9. The van der Waals surface area contributed by atoms with Gasteiger partial charge in [-0.3, -0.25) is 4.79 Å². The Balaban J connectivity index is 3.91. The van der Waals surface area contributed by atoms with Crippen LogP contribution < -0.4 is 5.32 Å². The number of carbonyl (C=O) groups excluding carboxylic acids is 1. The first-order valence-electron chi connectivity index (χ1n) is 5.67. The van der Waals surface area contributed by atoms with Gasteiger partial charge in [-0.2, -0.15) is 0 Å². The highest BCUT2D eigenvalue weighted by atomic mass is 16.7. The lowest BCUT2D eigenvalue weighted by Crippen LogP contribution is -2.30. The molecule has 1 N–H and O–H groups in total. The first-order valence-corrected chi connectivity index (χ1v) is 5.67. The summed E-state index contributed by atoms with van der Waals surface area (Å²) in [6, 6.07) is 0. The van der Waals surface area contributed by atoms with Gasteiger partial charge in [0.1, 0.15) is 0 Å². The van der Waals surface area contributed by atoms with E-state index in [2.05, 4.69) is 11.9 Å². The van der Waals surface area contributed by atoms with E-state index in [9.17, 15) is 4.79 Å². The van der Waals surface area contributed by atoms with Crippen molar-refractivity contribution in [1.29, 1.82) is 0 Å². The molecule has 0 aliphatic rings. The number of hydrogen-bond acceptors (Lipinski definition) is 3. The van der Waals surface area contributed by atoms with Crippen LogP contribution >= 0.6 is 0 Å². The Morgan fingerprint density at radius 2 is 1.75 bits per heavy atom. The summed E-state index contributed by atoms with van der Waals surface area (Å²) < 4.78 is 11.2. The van der Waals surface area contributed by atoms with Crippen LogP contribution in [0.4, 0.5) is 0 Å². The number of rotatable bonds is 8. The van der Waals surface area contributed by atoms with Crippen LogP contribution in [-0.4, -0.2) is 30.9 Å². The van der Waals surface area contributed by atoms with Crippen molar-refractivity contribution in [2.24, 2.45) is 0 Å². The number of nitrogens with one attached hydrogen (secondary N) is 1. The van der Waals surface area contributed by atoms with Gasteiger partial charge in [-0.1, -0.05) is 6.58 Å². The van der Waals surface area contributed by atoms with Crippen molar-refractivity contribution in [3.63, 3.8) is 0 Å². The van der Waals surface area contributed by atoms with Gasteiger partial charge in [0.2, 0.25) is 5.91 Å². The molecule has 0 fully saturated rings. The lowest BCUT2D eigenvalue weighted by Gasteiger charge is -2.23. The predicted molar refractivity (Wildman–Crippen MR) is 64.1 cm³/mol. The second-order valence-corrected chi connectivity index (χ2v) is 4.08. The Hall–Kier alpha value is -0.870. The third kappa shape index (κ3) is 8.44. The van der Waals surface area contributed by atoms with Crippen LogP contribution in [0.3, 0.4) is 0 Å². The second kappa shape index (κ2) is 8.30. The zero-order valence-electron chi connectivity index (χ0n) is 10.7. The fourth-order valence-electron chi connectivity index (χ4n) is 1.16. The van der Waals surface area contributed by atoms with E-state index in [1.54, 1.807) is 0 Å². The van der Waals surface area contributed by atoms with E-state index in [0.29, 0.717) is 13.0 Å². The van der Waals surface area contributed by atoms with E-state index in [1.165, 1.54) is 6.08 Å². The molecule has 0 aliphatic heterocycles. The van der Waals surface area contributed by atoms with E-state index in [1.807, 2.05) is 27.7 Å². The Morgan fingerprint density at radius 1 is 1.25 bits per heavy atom. The molecule has 0 saturated heterocycles. The first-order chi connectivity index (χ1) is 7.45. The van der Waals surface area contributed by atoms with Crippen LogP contribution in [0.15, 0.2) is 12.7 Å². The van der Waals surface area contributed by atoms with E-state index in [4.69, 9.17) is 9.47 Å². The summed E-state index contributed by atoms with van der Waals surface area (Å²) >= 11 is 0. The normalized spacial score (nSPS) is 11.2. The summed E-state index contributed by atoms with van der Waals surface area (Å²) in [5.74, 6) is -0.173. The first kappa shape index (κ1) is 15.1. The van der Waals surface area contributed by atoms with Gasteiger partial charge in [-0.25, -0.2) is 0 Å². The average molecular weight is 229 g/mol. The van der Waals surface area contributed by atoms with Gasteiger partial charge in [0.05, 0.1) is 12.2 Å². The highest BCUT2D eigenvalue weighted by molar-refractivity contribution is 5.86. The Kier molecular flexibility index (Phi) is 7.85. The topological polar surface area (TPSA) is 47.6 Å². The Morgan fingerprint density at radius 3 is 2.12 bits per heavy atom. The van der Waals surface area contributed by atoms with E-state index in [-0.39, 0.29) is 24.4 Å². The van der Waals surface area contributed by atoms with Crippen molar-refractivity contribution < 1.29 is 14.3 Å². The van der Waals surface area contributed by atoms with Gasteiger partial charge in [-0.05, 0) is 33.8 Å². The van der Waals surface area contributed by atoms with Crippen molar-refractivity contribution in [2.75, 3.05) is 6.54 Å². The quantitative estimate of drug-likeness (QED) is 0.510. The van der Waals surface area contributed by atoms with E-state index in [0.717, 1.165) is 0 Å². The van der Waals surface area contributed by atoms with Crippen molar-refractivity contribution >= 4 is 5.91 Å². The average Bonchev–Trinajstić information content (AvgIpc) is 2.15. The predicted octanol–water partition coefficient (Wildman–Crippen LogP) is 1.85. The molecule has 0 aromatic carbocycles. The molecule has 0 atom stereocenters. The van der Waals surface area contributed by atoms with Crippen LogP contribution in [-0.2, 0) is 14.3 Å². The summed E-state index contributed by atoms with van der Waals surface area (Å²) in [6.45, 7) is 11.7. The smallest absolute Gasteiger partial charge is 0.243 e. The highest BCUT2D eigenvalue weighted by Gasteiger charge is 2.13. The second-order valence-electron chi connectivity index (χ2n) is 4.08. The third-order valence-electron chi connectivity index (χ3n) is 1.71. The highest BCUT2D eigenvalue weighted by Crippen LogP contribution is 2.07. The number of ether oxygens (including phenoxy) is 2. The molecule has 0 radical (unpaired) electrons. The summed E-state index contributed by atoms with van der Waals surface area (Å²) in [4.78, 5) is 10.9. The molecule has 4 nitrogen and oxygen atoms in total. The molecule has 0 bridgehead atoms. The van der Waals surface area contributed by atoms with Gasteiger partial charge in [0.25, 0.3) is 0 Å². The maximum atomic E-state index is 10.9. The minimum Gasteiger partial charge on any atom is -0.352 e. The van der Waals surface area contributed by atoms with E-state index < -0.39 is 0 Å². The van der Waals surface area contributed by atoms with Gasteiger partial charge in [0.15, 0.2) is 6.29 Å². The van der Waals surface area contributed by atoms with Crippen molar-refractivity contribution in [3.8, 4) is 0 Å². The standard InChI is InChI=1S/C12H23NO3/c1-6-11(14)13-8-7-12(15-9(2)3)16-10(4)5/h6,9-10,12H,1,7-8H2,2-5H3,(H,13,14). The largest absolute Gasteiger partial charge is 0.352 e. The van der Waals surface area contributed by atoms with Crippen LogP contribution in [0.5, 0.6) is 0 Å². The summed E-state index contributed by atoms with van der Waals surface area (Å²) in [6.07, 6.45) is 1.83. The van der Waals surface area contributed by atoms with Gasteiger partial charge in [-0.15, -0.1) is 0 Å². The molecule has 1 amide bonds. The van der Waals surface area contributed by atoms with Gasteiger partial charge in [0, 0.05) is 13.0 Å². The minimum absolute atomic E-state index is 0.110. The van der Waals surface area contributed by atoms with Crippen molar-refractivity contribution in [1.82, 2.24) is 5.32 Å². The molecule has 0 aliphatic carbocycles. The molecule has 0 rings (SSSR count). The van der Waals surface area contributed by atoms with Gasteiger partial charge < -0.3 is 14.8 Å². The Labute approximate surface area is 98.0 Å². The molecular weight excluding hydrogens is 206 g/mol. The summed E-state index contributed by atoms with van der Waals surface area (Å²) in [5, 5.41) is 2.69. The summed E-state index contributed by atoms with van der Waals surface area (Å²) in [7, 11) is 0. The molecule has 0 saturated carbocycles. The van der Waals surface area contributed by atoms with E-state index >= 15 is 0 Å². The lowest BCUT2D eigenvalue weighted by atomic mass is 10.3. The fraction of sp³-hybridized carbons (Fsp3) is 0.750. The molecule has 0 unspecified atom stereocenters. The van der Waals surface area contributed by atoms with Crippen LogP contribution in [0.1, 0.15) is 34.1 Å². The van der Waals surface area contributed by atoms with Crippen LogP contribution in [0.25, 0.3) is 0 Å². The maximum Gasteiger partial charge on any atom is 0.243 e. The molecule has 94 valence electrons. The molecule has 0 aromatic rings.